The molecule has 0 unspecified atom stereocenters. The van der Waals surface area contributed by atoms with Gasteiger partial charge in [-0.05, 0) is 12.1 Å². The molecule has 1 heterocycles. The lowest BCUT2D eigenvalue weighted by Gasteiger charge is -2.28. The zero-order valence-electron chi connectivity index (χ0n) is 7.75. The average molecular weight is 209 g/mol. The van der Waals surface area contributed by atoms with Crippen LogP contribution in [0, 0.1) is 11.3 Å². The van der Waals surface area contributed by atoms with Crippen molar-refractivity contribution in [2.75, 3.05) is 25.1 Å². The maximum atomic E-state index is 8.90. The normalized spacial score (nSPS) is 14.2. The Kier molecular flexibility index (Phi) is 2.22. The summed E-state index contributed by atoms with van der Waals surface area (Å²) in [7, 11) is 1.96. The van der Waals surface area contributed by atoms with E-state index in [9.17, 15) is 0 Å². The summed E-state index contributed by atoms with van der Waals surface area (Å²) in [5, 5.41) is 9.46. The van der Waals surface area contributed by atoms with E-state index >= 15 is 0 Å². The molecular weight excluding hydrogens is 200 g/mol. The highest BCUT2D eigenvalue weighted by Crippen LogP contribution is 2.36. The van der Waals surface area contributed by atoms with Crippen LogP contribution < -0.4 is 9.64 Å². The monoisotopic (exact) mass is 208 g/mol. The van der Waals surface area contributed by atoms with Crippen LogP contribution in [0.5, 0.6) is 5.75 Å². The summed E-state index contributed by atoms with van der Waals surface area (Å²) >= 11 is 5.89. The third-order valence-electron chi connectivity index (χ3n) is 2.24. The van der Waals surface area contributed by atoms with Gasteiger partial charge >= 0.3 is 0 Å². The molecule has 0 radical (unpaired) electrons. The molecule has 0 atom stereocenters. The molecule has 0 spiro atoms. The van der Waals surface area contributed by atoms with Gasteiger partial charge in [-0.2, -0.15) is 5.26 Å². The van der Waals surface area contributed by atoms with Crippen LogP contribution in [0.15, 0.2) is 12.1 Å². The molecule has 1 aromatic rings. The summed E-state index contributed by atoms with van der Waals surface area (Å²) in [6, 6.07) is 5.52. The first kappa shape index (κ1) is 9.17. The second-order valence-corrected chi connectivity index (χ2v) is 3.62. The molecule has 3 nitrogen and oxygen atoms in total. The van der Waals surface area contributed by atoms with Gasteiger partial charge in [0, 0.05) is 12.1 Å². The van der Waals surface area contributed by atoms with E-state index in [-0.39, 0.29) is 0 Å². The van der Waals surface area contributed by atoms with E-state index in [4.69, 9.17) is 21.6 Å². The highest BCUT2D eigenvalue weighted by atomic mass is 35.5. The van der Waals surface area contributed by atoms with Crippen molar-refractivity contribution in [3.8, 4) is 11.8 Å². The van der Waals surface area contributed by atoms with Crippen molar-refractivity contribution in [3.05, 3.63) is 22.7 Å². The number of likely N-dealkylation sites (N-methyl/N-ethyl adjacent to an activating group) is 1. The highest BCUT2D eigenvalue weighted by molar-refractivity contribution is 6.31. The van der Waals surface area contributed by atoms with Crippen LogP contribution in [-0.2, 0) is 0 Å². The smallest absolute Gasteiger partial charge is 0.160 e. The molecule has 0 aromatic heterocycles. The summed E-state index contributed by atoms with van der Waals surface area (Å²) in [5.41, 5.74) is 1.39. The molecule has 14 heavy (non-hydrogen) atoms. The molecule has 2 rings (SSSR count). The van der Waals surface area contributed by atoms with E-state index in [1.807, 2.05) is 18.0 Å². The Morgan fingerprint density at radius 1 is 1.57 bits per heavy atom. The Balaban J connectivity index is 2.62. The first-order chi connectivity index (χ1) is 6.72. The average Bonchev–Trinajstić information content (AvgIpc) is 2.18. The lowest BCUT2D eigenvalue weighted by atomic mass is 10.1. The Labute approximate surface area is 87.5 Å². The lowest BCUT2D eigenvalue weighted by molar-refractivity contribution is 0.310. The number of rotatable bonds is 0. The van der Waals surface area contributed by atoms with Gasteiger partial charge in [0.15, 0.2) is 5.75 Å². The van der Waals surface area contributed by atoms with Gasteiger partial charge in [0.2, 0.25) is 0 Å². The molecule has 0 bridgehead atoms. The number of hydrogen-bond donors (Lipinski definition) is 0. The highest BCUT2D eigenvalue weighted by Gasteiger charge is 2.19. The standard InChI is InChI=1S/C10H9ClN2O/c1-13-2-3-14-10-7(6-12)4-8(11)5-9(10)13/h4-5H,2-3H2,1H3. The molecule has 0 saturated carbocycles. The number of benzene rings is 1. The minimum Gasteiger partial charge on any atom is -0.488 e. The first-order valence-electron chi connectivity index (χ1n) is 4.30. The number of anilines is 1. The number of fused-ring (bicyclic) bond motifs is 1. The minimum atomic E-state index is 0.499. The first-order valence-corrected chi connectivity index (χ1v) is 4.68. The van der Waals surface area contributed by atoms with E-state index < -0.39 is 0 Å². The second-order valence-electron chi connectivity index (χ2n) is 3.18. The number of hydrogen-bond acceptors (Lipinski definition) is 3. The van der Waals surface area contributed by atoms with Crippen LogP contribution >= 0.6 is 11.6 Å². The van der Waals surface area contributed by atoms with Crippen molar-refractivity contribution < 1.29 is 4.74 Å². The fraction of sp³-hybridized carbons (Fsp3) is 0.300. The maximum Gasteiger partial charge on any atom is 0.160 e. The molecule has 72 valence electrons. The molecule has 0 saturated heterocycles. The van der Waals surface area contributed by atoms with E-state index in [1.165, 1.54) is 0 Å². The van der Waals surface area contributed by atoms with Crippen LogP contribution in [-0.4, -0.2) is 20.2 Å². The number of ether oxygens (including phenoxy) is 1. The van der Waals surface area contributed by atoms with Crippen molar-refractivity contribution in [2.45, 2.75) is 0 Å². The summed E-state index contributed by atoms with van der Waals surface area (Å²) < 4.78 is 5.45. The Bertz CT molecular complexity index is 411. The second kappa shape index (κ2) is 3.39. The predicted octanol–water partition coefficient (Wildman–Crippen LogP) is 2.04. The molecule has 0 aliphatic carbocycles. The van der Waals surface area contributed by atoms with Gasteiger partial charge in [-0.25, -0.2) is 0 Å². The van der Waals surface area contributed by atoms with Crippen LogP contribution in [0.3, 0.4) is 0 Å². The fourth-order valence-corrected chi connectivity index (χ4v) is 1.72. The third kappa shape index (κ3) is 1.38. The van der Waals surface area contributed by atoms with Gasteiger partial charge < -0.3 is 9.64 Å². The van der Waals surface area contributed by atoms with Gasteiger partial charge in [-0.3, -0.25) is 0 Å². The van der Waals surface area contributed by atoms with Gasteiger partial charge in [-0.15, -0.1) is 0 Å². The zero-order valence-corrected chi connectivity index (χ0v) is 8.51. The summed E-state index contributed by atoms with van der Waals surface area (Å²) in [4.78, 5) is 2.03. The maximum absolute atomic E-state index is 8.90. The topological polar surface area (TPSA) is 36.3 Å². The van der Waals surface area contributed by atoms with E-state index in [0.717, 1.165) is 12.2 Å². The Morgan fingerprint density at radius 3 is 3.07 bits per heavy atom. The zero-order chi connectivity index (χ0) is 10.1. The van der Waals surface area contributed by atoms with Crippen LogP contribution in [0.4, 0.5) is 5.69 Å². The van der Waals surface area contributed by atoms with E-state index in [1.54, 1.807) is 6.07 Å². The number of halogens is 1. The quantitative estimate of drug-likeness (QED) is 0.655. The molecule has 0 N–H and O–H groups in total. The predicted molar refractivity (Wildman–Crippen MR) is 54.9 cm³/mol. The lowest BCUT2D eigenvalue weighted by Crippen LogP contribution is -2.29. The molecule has 4 heteroatoms. The van der Waals surface area contributed by atoms with Gasteiger partial charge in [0.25, 0.3) is 0 Å². The SMILES string of the molecule is CN1CCOc2c(C#N)cc(Cl)cc21. The molecule has 0 amide bonds. The number of nitrogens with zero attached hydrogens (tertiary/aromatic N) is 2. The largest absolute Gasteiger partial charge is 0.488 e. The Hall–Kier alpha value is -1.40. The summed E-state index contributed by atoms with van der Waals surface area (Å²) in [6.45, 7) is 1.43. The van der Waals surface area contributed by atoms with Crippen LogP contribution in [0.25, 0.3) is 0 Å². The molecule has 1 aliphatic rings. The van der Waals surface area contributed by atoms with E-state index in [0.29, 0.717) is 22.9 Å². The van der Waals surface area contributed by atoms with Crippen LogP contribution in [0.2, 0.25) is 5.02 Å². The van der Waals surface area contributed by atoms with Crippen molar-refractivity contribution in [1.82, 2.24) is 0 Å². The van der Waals surface area contributed by atoms with Crippen molar-refractivity contribution >= 4 is 17.3 Å². The third-order valence-corrected chi connectivity index (χ3v) is 2.46. The minimum absolute atomic E-state index is 0.499. The van der Waals surface area contributed by atoms with Gasteiger partial charge in [-0.1, -0.05) is 11.6 Å². The molecule has 1 aliphatic heterocycles. The Morgan fingerprint density at radius 2 is 2.36 bits per heavy atom. The van der Waals surface area contributed by atoms with Gasteiger partial charge in [0.05, 0.1) is 17.8 Å². The van der Waals surface area contributed by atoms with E-state index in [2.05, 4.69) is 6.07 Å². The molecular formula is C10H9ClN2O. The molecule has 0 fully saturated rings. The molecule has 1 aromatic carbocycles. The number of nitriles is 1. The fourth-order valence-electron chi connectivity index (χ4n) is 1.50. The van der Waals surface area contributed by atoms with Crippen molar-refractivity contribution in [3.63, 3.8) is 0 Å². The summed E-state index contributed by atoms with van der Waals surface area (Å²) in [5.74, 6) is 0.644. The van der Waals surface area contributed by atoms with Crippen LogP contribution in [0.1, 0.15) is 5.56 Å². The van der Waals surface area contributed by atoms with Gasteiger partial charge in [0.1, 0.15) is 12.7 Å². The summed E-state index contributed by atoms with van der Waals surface area (Å²) in [6.07, 6.45) is 0. The van der Waals surface area contributed by atoms with Crippen molar-refractivity contribution in [1.29, 1.82) is 5.26 Å². The van der Waals surface area contributed by atoms with Crippen molar-refractivity contribution in [2.24, 2.45) is 0 Å².